The molecule has 2 rings (SSSR count). The fourth-order valence-corrected chi connectivity index (χ4v) is 2.56. The first-order chi connectivity index (χ1) is 9.18. The van der Waals surface area contributed by atoms with E-state index in [9.17, 15) is 14.7 Å². The maximum Gasteiger partial charge on any atom is 0.326 e. The minimum atomic E-state index is -0.962. The Kier molecular flexibility index (Phi) is 4.49. The summed E-state index contributed by atoms with van der Waals surface area (Å²) in [5, 5.41) is 11.9. The third kappa shape index (κ3) is 3.53. The Labute approximate surface area is 112 Å². The number of aromatic nitrogens is 1. The molecule has 1 heterocycles. The number of carboxylic acids is 1. The zero-order valence-electron chi connectivity index (χ0n) is 10.7. The topological polar surface area (TPSA) is 79.3 Å². The highest BCUT2D eigenvalue weighted by molar-refractivity contribution is 5.94. The van der Waals surface area contributed by atoms with Gasteiger partial charge in [0.25, 0.3) is 5.91 Å². The number of carboxylic acid groups (broad SMARTS) is 1. The van der Waals surface area contributed by atoms with Gasteiger partial charge in [0.2, 0.25) is 0 Å². The van der Waals surface area contributed by atoms with Crippen molar-refractivity contribution in [1.29, 1.82) is 0 Å². The van der Waals surface area contributed by atoms with E-state index in [1.165, 1.54) is 6.20 Å². The van der Waals surface area contributed by atoms with E-state index in [-0.39, 0.29) is 11.6 Å². The summed E-state index contributed by atoms with van der Waals surface area (Å²) >= 11 is 0. The average Bonchev–Trinajstić information content (AvgIpc) is 2.46. The first-order valence-electron chi connectivity index (χ1n) is 6.63. The van der Waals surface area contributed by atoms with E-state index < -0.39 is 17.9 Å². The molecule has 0 unspecified atom stereocenters. The van der Waals surface area contributed by atoms with Gasteiger partial charge in [-0.25, -0.2) is 4.79 Å². The van der Waals surface area contributed by atoms with Gasteiger partial charge in [0.15, 0.2) is 0 Å². The molecule has 1 fully saturated rings. The van der Waals surface area contributed by atoms with Crippen molar-refractivity contribution in [3.8, 4) is 0 Å². The largest absolute Gasteiger partial charge is 0.480 e. The number of nitrogens with zero attached hydrogens (tertiary/aromatic N) is 1. The highest BCUT2D eigenvalue weighted by atomic mass is 16.4. The summed E-state index contributed by atoms with van der Waals surface area (Å²) in [4.78, 5) is 27.2. The first-order valence-corrected chi connectivity index (χ1v) is 6.63. The number of hydrogen-bond acceptors (Lipinski definition) is 3. The van der Waals surface area contributed by atoms with Gasteiger partial charge in [-0.2, -0.15) is 0 Å². The zero-order valence-corrected chi connectivity index (χ0v) is 10.7. The molecule has 2 N–H and O–H groups in total. The fraction of sp³-hybridized carbons (Fsp3) is 0.500. The van der Waals surface area contributed by atoms with Crippen LogP contribution in [0.15, 0.2) is 24.4 Å². The zero-order chi connectivity index (χ0) is 13.7. The SMILES string of the molecule is O=C(N[C@H](C(=O)O)C1CCCCC1)c1ccccn1. The second kappa shape index (κ2) is 6.31. The first kappa shape index (κ1) is 13.5. The van der Waals surface area contributed by atoms with Crippen LogP contribution in [0.4, 0.5) is 0 Å². The van der Waals surface area contributed by atoms with Crippen LogP contribution in [0.3, 0.4) is 0 Å². The van der Waals surface area contributed by atoms with E-state index >= 15 is 0 Å². The van der Waals surface area contributed by atoms with Crippen molar-refractivity contribution in [3.05, 3.63) is 30.1 Å². The second-order valence-corrected chi connectivity index (χ2v) is 4.90. The summed E-state index contributed by atoms with van der Waals surface area (Å²) < 4.78 is 0. The third-order valence-electron chi connectivity index (χ3n) is 3.57. The lowest BCUT2D eigenvalue weighted by Crippen LogP contribution is -2.46. The smallest absolute Gasteiger partial charge is 0.326 e. The summed E-state index contributed by atoms with van der Waals surface area (Å²) in [6.45, 7) is 0. The molecule has 1 amide bonds. The van der Waals surface area contributed by atoms with E-state index in [0.717, 1.165) is 32.1 Å². The predicted molar refractivity (Wildman–Crippen MR) is 69.7 cm³/mol. The summed E-state index contributed by atoms with van der Waals surface area (Å²) in [7, 11) is 0. The molecule has 0 aromatic carbocycles. The number of carbonyl (C=O) groups is 2. The summed E-state index contributed by atoms with van der Waals surface area (Å²) in [6.07, 6.45) is 6.46. The molecule has 5 heteroatoms. The molecule has 0 aliphatic heterocycles. The Morgan fingerprint density at radius 1 is 1.26 bits per heavy atom. The number of hydrogen-bond donors (Lipinski definition) is 2. The van der Waals surface area contributed by atoms with Crippen LogP contribution in [0.25, 0.3) is 0 Å². The van der Waals surface area contributed by atoms with Gasteiger partial charge in [-0.05, 0) is 30.9 Å². The van der Waals surface area contributed by atoms with Crippen LogP contribution in [0, 0.1) is 5.92 Å². The van der Waals surface area contributed by atoms with E-state index in [0.29, 0.717) is 0 Å². The molecular weight excluding hydrogens is 244 g/mol. The lowest BCUT2D eigenvalue weighted by molar-refractivity contribution is -0.141. The molecular formula is C14H18N2O3. The maximum atomic E-state index is 12.0. The number of rotatable bonds is 4. The van der Waals surface area contributed by atoms with Gasteiger partial charge in [-0.3, -0.25) is 9.78 Å². The predicted octanol–water partition coefficient (Wildman–Crippen LogP) is 1.84. The van der Waals surface area contributed by atoms with Crippen molar-refractivity contribution in [2.45, 2.75) is 38.1 Å². The Morgan fingerprint density at radius 3 is 2.58 bits per heavy atom. The quantitative estimate of drug-likeness (QED) is 0.867. The van der Waals surface area contributed by atoms with Crippen molar-refractivity contribution in [1.82, 2.24) is 10.3 Å². The molecule has 1 aliphatic rings. The Hall–Kier alpha value is -1.91. The van der Waals surface area contributed by atoms with Crippen molar-refractivity contribution in [2.24, 2.45) is 5.92 Å². The minimum Gasteiger partial charge on any atom is -0.480 e. The molecule has 0 saturated heterocycles. The van der Waals surface area contributed by atoms with Gasteiger partial charge in [-0.15, -0.1) is 0 Å². The van der Waals surface area contributed by atoms with Crippen LogP contribution in [0.2, 0.25) is 0 Å². The molecule has 1 atom stereocenters. The van der Waals surface area contributed by atoms with Crippen LogP contribution in [-0.4, -0.2) is 28.0 Å². The summed E-state index contributed by atoms with van der Waals surface area (Å²) in [5.74, 6) is -1.35. The van der Waals surface area contributed by atoms with Crippen molar-refractivity contribution < 1.29 is 14.7 Å². The Balaban J connectivity index is 2.04. The van der Waals surface area contributed by atoms with E-state index in [4.69, 9.17) is 0 Å². The lowest BCUT2D eigenvalue weighted by atomic mass is 9.84. The molecule has 1 aromatic rings. The summed E-state index contributed by atoms with van der Waals surface area (Å²) in [6, 6.07) is 4.19. The second-order valence-electron chi connectivity index (χ2n) is 4.90. The Bertz CT molecular complexity index is 441. The Morgan fingerprint density at radius 2 is 2.00 bits per heavy atom. The van der Waals surface area contributed by atoms with Crippen molar-refractivity contribution in [2.75, 3.05) is 0 Å². The van der Waals surface area contributed by atoms with Crippen LogP contribution < -0.4 is 5.32 Å². The molecule has 0 spiro atoms. The average molecular weight is 262 g/mol. The molecule has 0 radical (unpaired) electrons. The van der Waals surface area contributed by atoms with Gasteiger partial charge in [-0.1, -0.05) is 25.3 Å². The van der Waals surface area contributed by atoms with Crippen LogP contribution in [-0.2, 0) is 4.79 Å². The van der Waals surface area contributed by atoms with Crippen LogP contribution in [0.1, 0.15) is 42.6 Å². The standard InChI is InChI=1S/C14H18N2O3/c17-13(11-8-4-5-9-15-11)16-12(14(18)19)10-6-2-1-3-7-10/h4-5,8-10,12H,1-3,6-7H2,(H,16,17)(H,18,19)/t12-/m0/s1. The van der Waals surface area contributed by atoms with Crippen molar-refractivity contribution in [3.63, 3.8) is 0 Å². The number of carbonyl (C=O) groups excluding carboxylic acids is 1. The number of pyridine rings is 1. The van der Waals surface area contributed by atoms with Gasteiger partial charge >= 0.3 is 5.97 Å². The van der Waals surface area contributed by atoms with Crippen molar-refractivity contribution >= 4 is 11.9 Å². The fourth-order valence-electron chi connectivity index (χ4n) is 2.56. The van der Waals surface area contributed by atoms with E-state index in [1.807, 2.05) is 0 Å². The minimum absolute atomic E-state index is 0.0268. The van der Waals surface area contributed by atoms with Gasteiger partial charge in [0.05, 0.1) is 0 Å². The highest BCUT2D eigenvalue weighted by Crippen LogP contribution is 2.26. The van der Waals surface area contributed by atoms with Gasteiger partial charge in [0.1, 0.15) is 11.7 Å². The number of amides is 1. The molecule has 0 bridgehead atoms. The number of nitrogens with one attached hydrogen (secondary N) is 1. The summed E-state index contributed by atoms with van der Waals surface area (Å²) in [5.41, 5.74) is 0.254. The van der Waals surface area contributed by atoms with E-state index in [1.54, 1.807) is 18.2 Å². The molecule has 1 aliphatic carbocycles. The van der Waals surface area contributed by atoms with Crippen LogP contribution in [0.5, 0.6) is 0 Å². The van der Waals surface area contributed by atoms with E-state index in [2.05, 4.69) is 10.3 Å². The third-order valence-corrected chi connectivity index (χ3v) is 3.57. The lowest BCUT2D eigenvalue weighted by Gasteiger charge is -2.27. The molecule has 1 aromatic heterocycles. The molecule has 19 heavy (non-hydrogen) atoms. The maximum absolute atomic E-state index is 12.0. The van der Waals surface area contributed by atoms with Gasteiger partial charge < -0.3 is 10.4 Å². The normalized spacial score (nSPS) is 17.7. The molecule has 102 valence electrons. The number of aliphatic carboxylic acids is 1. The molecule has 1 saturated carbocycles. The molecule has 5 nitrogen and oxygen atoms in total. The van der Waals surface area contributed by atoms with Crippen LogP contribution >= 0.6 is 0 Å². The van der Waals surface area contributed by atoms with Gasteiger partial charge in [0, 0.05) is 6.20 Å². The monoisotopic (exact) mass is 262 g/mol. The highest BCUT2D eigenvalue weighted by Gasteiger charge is 2.31.